The fourth-order valence-corrected chi connectivity index (χ4v) is 3.08. The van der Waals surface area contributed by atoms with Crippen molar-refractivity contribution in [1.29, 1.82) is 0 Å². The lowest BCUT2D eigenvalue weighted by atomic mass is 10.1. The Bertz CT molecular complexity index is 1200. The highest BCUT2D eigenvalue weighted by Crippen LogP contribution is 2.38. The molecular formula is C26H26N2O8. The molecule has 0 radical (unpaired) electrons. The molecule has 10 nitrogen and oxygen atoms in total. The normalized spacial score (nSPS) is 10.4. The highest BCUT2D eigenvalue weighted by atomic mass is 16.6. The van der Waals surface area contributed by atoms with Gasteiger partial charge in [0.2, 0.25) is 5.75 Å². The van der Waals surface area contributed by atoms with Crippen molar-refractivity contribution in [2.45, 2.75) is 0 Å². The van der Waals surface area contributed by atoms with Crippen molar-refractivity contribution in [2.75, 3.05) is 35.0 Å². The Labute approximate surface area is 208 Å². The summed E-state index contributed by atoms with van der Waals surface area (Å²) in [6.07, 6.45) is 1.42. The summed E-state index contributed by atoms with van der Waals surface area (Å²) in [5.74, 6) is 0.983. The maximum atomic E-state index is 12.8. The SMILES string of the molecule is COc1cc(/C=N/NC(=O)COc2ccccc2)ccc1OC(=O)c1cc(OC)c(OC)c(OC)c1. The third-order valence-corrected chi connectivity index (χ3v) is 4.81. The number of nitrogens with one attached hydrogen (secondary N) is 1. The lowest BCUT2D eigenvalue weighted by Crippen LogP contribution is -2.24. The van der Waals surface area contributed by atoms with Crippen molar-refractivity contribution < 1.29 is 38.0 Å². The molecule has 0 aliphatic carbocycles. The molecule has 36 heavy (non-hydrogen) atoms. The Balaban J connectivity index is 1.65. The van der Waals surface area contributed by atoms with E-state index >= 15 is 0 Å². The smallest absolute Gasteiger partial charge is 0.343 e. The molecule has 10 heteroatoms. The van der Waals surface area contributed by atoms with Gasteiger partial charge in [0, 0.05) is 0 Å². The van der Waals surface area contributed by atoms with Crippen molar-refractivity contribution in [2.24, 2.45) is 5.10 Å². The van der Waals surface area contributed by atoms with Crippen molar-refractivity contribution in [3.8, 4) is 34.5 Å². The van der Waals surface area contributed by atoms with E-state index in [9.17, 15) is 9.59 Å². The molecule has 188 valence electrons. The Hall–Kier alpha value is -4.73. The van der Waals surface area contributed by atoms with Crippen LogP contribution < -0.4 is 33.8 Å². The highest BCUT2D eigenvalue weighted by molar-refractivity contribution is 5.93. The standard InChI is InChI=1S/C26H26N2O8/c1-31-21-12-17(15-27-28-24(29)16-35-19-8-6-5-7-9-19)10-11-20(21)36-26(30)18-13-22(32-2)25(34-4)23(14-18)33-3/h5-15H,16H2,1-4H3,(H,28,29)/b27-15+. The lowest BCUT2D eigenvalue weighted by Gasteiger charge is -2.14. The summed E-state index contributed by atoms with van der Waals surface area (Å²) in [5.41, 5.74) is 3.18. The van der Waals surface area contributed by atoms with Gasteiger partial charge in [-0.2, -0.15) is 5.10 Å². The molecule has 0 fully saturated rings. The minimum absolute atomic E-state index is 0.180. The second-order valence-corrected chi connectivity index (χ2v) is 7.11. The van der Waals surface area contributed by atoms with Crippen LogP contribution in [-0.2, 0) is 4.79 Å². The van der Waals surface area contributed by atoms with E-state index < -0.39 is 11.9 Å². The topological polar surface area (TPSA) is 114 Å². The first kappa shape index (κ1) is 25.9. The molecule has 1 amide bonds. The lowest BCUT2D eigenvalue weighted by molar-refractivity contribution is -0.123. The summed E-state index contributed by atoms with van der Waals surface area (Å²) in [6.45, 7) is -0.180. The number of carbonyl (C=O) groups is 2. The zero-order valence-electron chi connectivity index (χ0n) is 20.3. The van der Waals surface area contributed by atoms with Crippen LogP contribution in [0.3, 0.4) is 0 Å². The van der Waals surface area contributed by atoms with Crippen LogP contribution in [-0.4, -0.2) is 53.1 Å². The quantitative estimate of drug-likeness (QED) is 0.187. The first-order valence-electron chi connectivity index (χ1n) is 10.7. The molecule has 0 atom stereocenters. The second kappa shape index (κ2) is 12.7. The zero-order valence-corrected chi connectivity index (χ0v) is 20.3. The fraction of sp³-hybridized carbons (Fsp3) is 0.192. The van der Waals surface area contributed by atoms with Gasteiger partial charge in [0.1, 0.15) is 5.75 Å². The number of benzene rings is 3. The van der Waals surface area contributed by atoms with E-state index in [1.165, 1.54) is 46.8 Å². The predicted molar refractivity (Wildman–Crippen MR) is 132 cm³/mol. The average Bonchev–Trinajstić information content (AvgIpc) is 2.92. The first-order chi connectivity index (χ1) is 17.5. The van der Waals surface area contributed by atoms with Crippen LogP contribution in [0.2, 0.25) is 0 Å². The number of hydrogen-bond donors (Lipinski definition) is 1. The van der Waals surface area contributed by atoms with Crippen molar-refractivity contribution in [3.63, 3.8) is 0 Å². The van der Waals surface area contributed by atoms with Crippen LogP contribution in [0.4, 0.5) is 0 Å². The molecule has 0 saturated heterocycles. The number of methoxy groups -OCH3 is 4. The van der Waals surface area contributed by atoms with Gasteiger partial charge in [-0.25, -0.2) is 10.2 Å². The van der Waals surface area contributed by atoms with Crippen LogP contribution in [0, 0.1) is 0 Å². The Kier molecular flexibility index (Phi) is 9.10. The van der Waals surface area contributed by atoms with Gasteiger partial charge in [-0.15, -0.1) is 0 Å². The number of nitrogens with zero attached hydrogens (tertiary/aromatic N) is 1. The Morgan fingerprint density at radius 1 is 0.806 bits per heavy atom. The predicted octanol–water partition coefficient (Wildman–Crippen LogP) is 3.47. The van der Waals surface area contributed by atoms with E-state index in [0.29, 0.717) is 34.3 Å². The van der Waals surface area contributed by atoms with E-state index in [4.69, 9.17) is 28.4 Å². The van der Waals surface area contributed by atoms with Crippen molar-refractivity contribution in [3.05, 3.63) is 71.8 Å². The molecule has 0 aromatic heterocycles. The molecule has 0 bridgehead atoms. The summed E-state index contributed by atoms with van der Waals surface area (Å²) in [7, 11) is 5.82. The summed E-state index contributed by atoms with van der Waals surface area (Å²) in [5, 5.41) is 3.91. The van der Waals surface area contributed by atoms with Crippen LogP contribution in [0.25, 0.3) is 0 Å². The molecule has 0 aliphatic rings. The van der Waals surface area contributed by atoms with E-state index in [-0.39, 0.29) is 17.9 Å². The van der Waals surface area contributed by atoms with Crippen molar-refractivity contribution >= 4 is 18.1 Å². The maximum Gasteiger partial charge on any atom is 0.343 e. The van der Waals surface area contributed by atoms with Gasteiger partial charge in [-0.05, 0) is 48.0 Å². The summed E-state index contributed by atoms with van der Waals surface area (Å²) in [4.78, 5) is 24.7. The van der Waals surface area contributed by atoms with Crippen molar-refractivity contribution in [1.82, 2.24) is 5.43 Å². The van der Waals surface area contributed by atoms with Gasteiger partial charge in [-0.1, -0.05) is 18.2 Å². The number of rotatable bonds is 11. The van der Waals surface area contributed by atoms with Crippen LogP contribution in [0.5, 0.6) is 34.5 Å². The van der Waals surface area contributed by atoms with E-state index in [1.54, 1.807) is 30.3 Å². The first-order valence-corrected chi connectivity index (χ1v) is 10.7. The highest BCUT2D eigenvalue weighted by Gasteiger charge is 2.19. The molecular weight excluding hydrogens is 468 g/mol. The number of hydrazone groups is 1. The van der Waals surface area contributed by atoms with E-state index in [1.807, 2.05) is 18.2 Å². The summed E-state index contributed by atoms with van der Waals surface area (Å²) >= 11 is 0. The third kappa shape index (κ3) is 6.66. The monoisotopic (exact) mass is 494 g/mol. The van der Waals surface area contributed by atoms with Crippen LogP contribution in [0.15, 0.2) is 65.8 Å². The third-order valence-electron chi connectivity index (χ3n) is 4.81. The molecule has 3 aromatic carbocycles. The summed E-state index contributed by atoms with van der Waals surface area (Å²) in [6, 6.07) is 16.8. The average molecular weight is 495 g/mol. The van der Waals surface area contributed by atoms with Crippen LogP contribution >= 0.6 is 0 Å². The molecule has 1 N–H and O–H groups in total. The van der Waals surface area contributed by atoms with E-state index in [2.05, 4.69) is 10.5 Å². The van der Waals surface area contributed by atoms with Gasteiger partial charge in [0.05, 0.1) is 40.2 Å². The number of amides is 1. The second-order valence-electron chi connectivity index (χ2n) is 7.11. The molecule has 3 aromatic rings. The van der Waals surface area contributed by atoms with E-state index in [0.717, 1.165) is 0 Å². The minimum Gasteiger partial charge on any atom is -0.493 e. The largest absolute Gasteiger partial charge is 0.493 e. The summed E-state index contributed by atoms with van der Waals surface area (Å²) < 4.78 is 32.1. The minimum atomic E-state index is -0.653. The molecule has 0 aliphatic heterocycles. The number of para-hydroxylation sites is 1. The molecule has 0 unspecified atom stereocenters. The molecule has 0 heterocycles. The molecule has 0 spiro atoms. The number of ether oxygens (including phenoxy) is 6. The number of esters is 1. The molecule has 3 rings (SSSR count). The zero-order chi connectivity index (χ0) is 25.9. The molecule has 0 saturated carbocycles. The van der Waals surface area contributed by atoms with Gasteiger partial charge >= 0.3 is 5.97 Å². The van der Waals surface area contributed by atoms with Gasteiger partial charge in [0.15, 0.2) is 29.6 Å². The van der Waals surface area contributed by atoms with Gasteiger partial charge < -0.3 is 28.4 Å². The Morgan fingerprint density at radius 2 is 1.47 bits per heavy atom. The fourth-order valence-electron chi connectivity index (χ4n) is 3.08. The van der Waals surface area contributed by atoms with Gasteiger partial charge in [-0.3, -0.25) is 4.79 Å². The van der Waals surface area contributed by atoms with Crippen LogP contribution in [0.1, 0.15) is 15.9 Å². The van der Waals surface area contributed by atoms with Gasteiger partial charge in [0.25, 0.3) is 5.91 Å². The maximum absolute atomic E-state index is 12.8. The Morgan fingerprint density at radius 3 is 2.08 bits per heavy atom. The number of hydrogen-bond acceptors (Lipinski definition) is 9. The number of carbonyl (C=O) groups excluding carboxylic acids is 2.